The van der Waals surface area contributed by atoms with Gasteiger partial charge in [-0.3, -0.25) is 14.4 Å². The molecule has 1 aromatic rings. The SMILES string of the molecule is O=C(CNC(=O)c1cccs1)NCC1CCCC1C(=O)O. The van der Waals surface area contributed by atoms with Gasteiger partial charge in [-0.05, 0) is 30.2 Å². The maximum absolute atomic E-state index is 11.7. The van der Waals surface area contributed by atoms with Gasteiger partial charge < -0.3 is 15.7 Å². The summed E-state index contributed by atoms with van der Waals surface area (Å²) in [5.41, 5.74) is 0. The van der Waals surface area contributed by atoms with E-state index in [1.54, 1.807) is 17.5 Å². The summed E-state index contributed by atoms with van der Waals surface area (Å²) in [5.74, 6) is -1.75. The van der Waals surface area contributed by atoms with E-state index in [1.165, 1.54) is 11.3 Å². The quantitative estimate of drug-likeness (QED) is 0.733. The van der Waals surface area contributed by atoms with Crippen LogP contribution in [-0.4, -0.2) is 36.0 Å². The summed E-state index contributed by atoms with van der Waals surface area (Å²) in [4.78, 5) is 34.9. The second kappa shape index (κ2) is 7.21. The molecule has 21 heavy (non-hydrogen) atoms. The molecule has 2 unspecified atom stereocenters. The topological polar surface area (TPSA) is 95.5 Å². The fraction of sp³-hybridized carbons (Fsp3) is 0.500. The van der Waals surface area contributed by atoms with E-state index < -0.39 is 5.97 Å². The van der Waals surface area contributed by atoms with Gasteiger partial charge in [-0.25, -0.2) is 0 Å². The van der Waals surface area contributed by atoms with E-state index in [1.807, 2.05) is 0 Å². The molecule has 0 bridgehead atoms. The first-order chi connectivity index (χ1) is 10.1. The van der Waals surface area contributed by atoms with E-state index in [0.717, 1.165) is 12.8 Å². The largest absolute Gasteiger partial charge is 0.481 e. The number of aliphatic carboxylic acids is 1. The number of amides is 2. The molecular formula is C14H18N2O4S. The Bertz CT molecular complexity index is 515. The van der Waals surface area contributed by atoms with Gasteiger partial charge in [-0.15, -0.1) is 11.3 Å². The van der Waals surface area contributed by atoms with E-state index in [-0.39, 0.29) is 30.2 Å². The smallest absolute Gasteiger partial charge is 0.306 e. The Labute approximate surface area is 126 Å². The van der Waals surface area contributed by atoms with Gasteiger partial charge in [-0.2, -0.15) is 0 Å². The second-order valence-corrected chi connectivity index (χ2v) is 6.05. The van der Waals surface area contributed by atoms with Crippen LogP contribution in [0, 0.1) is 11.8 Å². The van der Waals surface area contributed by atoms with E-state index in [4.69, 9.17) is 5.11 Å². The van der Waals surface area contributed by atoms with Crippen molar-refractivity contribution in [1.82, 2.24) is 10.6 Å². The van der Waals surface area contributed by atoms with Gasteiger partial charge in [-0.1, -0.05) is 12.5 Å². The summed E-state index contributed by atoms with van der Waals surface area (Å²) in [5, 5.41) is 16.1. The Kier molecular flexibility index (Phi) is 5.32. The summed E-state index contributed by atoms with van der Waals surface area (Å²) in [7, 11) is 0. The highest BCUT2D eigenvalue weighted by Gasteiger charge is 2.32. The van der Waals surface area contributed by atoms with Gasteiger partial charge in [0.15, 0.2) is 0 Å². The van der Waals surface area contributed by atoms with Crippen molar-refractivity contribution in [2.45, 2.75) is 19.3 Å². The molecule has 3 N–H and O–H groups in total. The minimum atomic E-state index is -0.794. The molecule has 2 atom stereocenters. The van der Waals surface area contributed by atoms with Crippen LogP contribution in [0.15, 0.2) is 17.5 Å². The predicted octanol–water partition coefficient (Wildman–Crippen LogP) is 1.09. The summed E-state index contributed by atoms with van der Waals surface area (Å²) >= 11 is 1.31. The Balaban J connectivity index is 1.70. The van der Waals surface area contributed by atoms with E-state index in [2.05, 4.69) is 10.6 Å². The van der Waals surface area contributed by atoms with E-state index >= 15 is 0 Å². The number of rotatable bonds is 6. The van der Waals surface area contributed by atoms with Crippen LogP contribution < -0.4 is 10.6 Å². The lowest BCUT2D eigenvalue weighted by atomic mass is 9.96. The molecule has 0 saturated heterocycles. The van der Waals surface area contributed by atoms with Crippen LogP contribution in [0.4, 0.5) is 0 Å². The first kappa shape index (κ1) is 15.5. The molecule has 0 aliphatic heterocycles. The molecular weight excluding hydrogens is 292 g/mol. The van der Waals surface area contributed by atoms with Crippen LogP contribution in [0.3, 0.4) is 0 Å². The normalized spacial score (nSPS) is 21.0. The van der Waals surface area contributed by atoms with Crippen LogP contribution in [0.5, 0.6) is 0 Å². The fourth-order valence-corrected chi connectivity index (χ4v) is 3.21. The molecule has 0 spiro atoms. The van der Waals surface area contributed by atoms with E-state index in [0.29, 0.717) is 17.8 Å². The van der Waals surface area contributed by atoms with Gasteiger partial charge in [0.25, 0.3) is 5.91 Å². The third-order valence-electron chi connectivity index (χ3n) is 3.69. The number of carbonyl (C=O) groups excluding carboxylic acids is 2. The number of carboxylic acids is 1. The first-order valence-electron chi connectivity index (χ1n) is 6.89. The molecule has 1 fully saturated rings. The van der Waals surface area contributed by atoms with Gasteiger partial charge in [0, 0.05) is 6.54 Å². The third kappa shape index (κ3) is 4.29. The van der Waals surface area contributed by atoms with Gasteiger partial charge in [0.05, 0.1) is 17.3 Å². The lowest BCUT2D eigenvalue weighted by molar-refractivity contribution is -0.143. The predicted molar refractivity (Wildman–Crippen MR) is 78.1 cm³/mol. The standard InChI is InChI=1S/C14H18N2O4S/c17-12(8-16-13(18)11-5-2-6-21-11)15-7-9-3-1-4-10(9)14(19)20/h2,5-6,9-10H,1,3-4,7-8H2,(H,15,17)(H,16,18)(H,19,20). The summed E-state index contributed by atoms with van der Waals surface area (Å²) in [6.45, 7) is 0.256. The van der Waals surface area contributed by atoms with Gasteiger partial charge >= 0.3 is 5.97 Å². The Hall–Kier alpha value is -1.89. The van der Waals surface area contributed by atoms with Crippen LogP contribution in [0.1, 0.15) is 28.9 Å². The Morgan fingerprint density at radius 2 is 2.10 bits per heavy atom. The molecule has 1 aromatic heterocycles. The molecule has 1 saturated carbocycles. The summed E-state index contributed by atoms with van der Waals surface area (Å²) in [6, 6.07) is 3.46. The zero-order chi connectivity index (χ0) is 15.2. The second-order valence-electron chi connectivity index (χ2n) is 5.10. The van der Waals surface area contributed by atoms with Gasteiger partial charge in [0.1, 0.15) is 0 Å². The molecule has 6 nitrogen and oxygen atoms in total. The van der Waals surface area contributed by atoms with Gasteiger partial charge in [0.2, 0.25) is 5.91 Å². The molecule has 1 aliphatic rings. The zero-order valence-electron chi connectivity index (χ0n) is 11.5. The van der Waals surface area contributed by atoms with Crippen molar-refractivity contribution in [2.75, 3.05) is 13.1 Å². The minimum Gasteiger partial charge on any atom is -0.481 e. The molecule has 7 heteroatoms. The highest BCUT2D eigenvalue weighted by Crippen LogP contribution is 2.31. The van der Waals surface area contributed by atoms with Crippen molar-refractivity contribution < 1.29 is 19.5 Å². The maximum Gasteiger partial charge on any atom is 0.306 e. The Morgan fingerprint density at radius 1 is 1.29 bits per heavy atom. The van der Waals surface area contributed by atoms with Crippen LogP contribution in [0.25, 0.3) is 0 Å². The Morgan fingerprint density at radius 3 is 2.76 bits per heavy atom. The van der Waals surface area contributed by atoms with Crippen molar-refractivity contribution in [1.29, 1.82) is 0 Å². The summed E-state index contributed by atoms with van der Waals surface area (Å²) < 4.78 is 0. The maximum atomic E-state index is 11.7. The molecule has 0 radical (unpaired) electrons. The van der Waals surface area contributed by atoms with Crippen molar-refractivity contribution in [2.24, 2.45) is 11.8 Å². The third-order valence-corrected chi connectivity index (χ3v) is 4.56. The summed E-state index contributed by atoms with van der Waals surface area (Å²) in [6.07, 6.45) is 2.37. The fourth-order valence-electron chi connectivity index (χ4n) is 2.57. The monoisotopic (exact) mass is 310 g/mol. The number of hydrogen-bond donors (Lipinski definition) is 3. The van der Waals surface area contributed by atoms with Crippen molar-refractivity contribution in [3.05, 3.63) is 22.4 Å². The number of carbonyl (C=O) groups is 3. The average molecular weight is 310 g/mol. The average Bonchev–Trinajstić information content (AvgIpc) is 3.12. The molecule has 2 rings (SSSR count). The van der Waals surface area contributed by atoms with Crippen molar-refractivity contribution in [3.8, 4) is 0 Å². The highest BCUT2D eigenvalue weighted by atomic mass is 32.1. The number of hydrogen-bond acceptors (Lipinski definition) is 4. The number of carboxylic acid groups (broad SMARTS) is 1. The van der Waals surface area contributed by atoms with Crippen LogP contribution >= 0.6 is 11.3 Å². The molecule has 114 valence electrons. The lowest BCUT2D eigenvalue weighted by Crippen LogP contribution is -2.39. The molecule has 1 aliphatic carbocycles. The first-order valence-corrected chi connectivity index (χ1v) is 7.77. The number of nitrogens with one attached hydrogen (secondary N) is 2. The minimum absolute atomic E-state index is 0.0144. The van der Waals surface area contributed by atoms with Crippen molar-refractivity contribution >= 4 is 29.1 Å². The van der Waals surface area contributed by atoms with Crippen LogP contribution in [-0.2, 0) is 9.59 Å². The molecule has 0 aromatic carbocycles. The highest BCUT2D eigenvalue weighted by molar-refractivity contribution is 7.12. The molecule has 1 heterocycles. The van der Waals surface area contributed by atoms with Crippen molar-refractivity contribution in [3.63, 3.8) is 0 Å². The van der Waals surface area contributed by atoms with E-state index in [9.17, 15) is 14.4 Å². The zero-order valence-corrected chi connectivity index (χ0v) is 12.3. The molecule has 2 amide bonds. The van der Waals surface area contributed by atoms with Crippen LogP contribution in [0.2, 0.25) is 0 Å². The lowest BCUT2D eigenvalue weighted by Gasteiger charge is -2.16. The number of thiophene rings is 1.